The molecule has 0 radical (unpaired) electrons. The van der Waals surface area contributed by atoms with Gasteiger partial charge in [0.05, 0.1) is 13.4 Å². The van der Waals surface area contributed by atoms with Crippen LogP contribution < -0.4 is 4.74 Å². The molecule has 1 aliphatic rings. The summed E-state index contributed by atoms with van der Waals surface area (Å²) in [7, 11) is 1.65. The lowest BCUT2D eigenvalue weighted by Crippen LogP contribution is -1.87. The van der Waals surface area contributed by atoms with E-state index in [1.54, 1.807) is 13.4 Å². The van der Waals surface area contributed by atoms with E-state index in [2.05, 4.69) is 0 Å². The summed E-state index contributed by atoms with van der Waals surface area (Å²) in [5.74, 6) is 0.945. The summed E-state index contributed by atoms with van der Waals surface area (Å²) in [6.45, 7) is 0.618. The second-order valence-electron chi connectivity index (χ2n) is 2.66. The van der Waals surface area contributed by atoms with Crippen molar-refractivity contribution in [1.82, 2.24) is 0 Å². The third kappa shape index (κ3) is 1.05. The fourth-order valence-electron chi connectivity index (χ4n) is 1.33. The van der Waals surface area contributed by atoms with Gasteiger partial charge >= 0.3 is 0 Å². The Morgan fingerprint density at radius 3 is 3.08 bits per heavy atom. The van der Waals surface area contributed by atoms with Crippen molar-refractivity contribution in [2.45, 2.75) is 0 Å². The minimum atomic E-state index is 0.618. The molecular weight excluding hydrogens is 152 g/mol. The normalized spacial score (nSPS) is 17.2. The molecule has 0 amide bonds. The molecule has 0 saturated carbocycles. The van der Waals surface area contributed by atoms with E-state index in [1.807, 2.05) is 24.3 Å². The molecule has 0 saturated heterocycles. The van der Waals surface area contributed by atoms with Crippen LogP contribution >= 0.6 is 0 Å². The second kappa shape index (κ2) is 2.89. The van der Waals surface area contributed by atoms with Gasteiger partial charge in [-0.2, -0.15) is 0 Å². The van der Waals surface area contributed by atoms with E-state index in [0.29, 0.717) is 6.61 Å². The number of hydrogen-bond acceptors (Lipinski definition) is 2. The van der Waals surface area contributed by atoms with Crippen LogP contribution in [-0.4, -0.2) is 13.7 Å². The first-order valence-electron chi connectivity index (χ1n) is 3.86. The molecule has 1 aliphatic heterocycles. The molecule has 0 fully saturated rings. The summed E-state index contributed by atoms with van der Waals surface area (Å²) >= 11 is 0. The average molecular weight is 162 g/mol. The molecule has 0 atom stereocenters. The average Bonchev–Trinajstić information content (AvgIpc) is 2.50. The molecule has 0 aliphatic carbocycles. The first-order valence-corrected chi connectivity index (χ1v) is 3.86. The SMILES string of the molecule is CO/C=C1/COc2ccccc21. The lowest BCUT2D eigenvalue weighted by molar-refractivity contribution is 0.334. The molecule has 2 rings (SSSR count). The van der Waals surface area contributed by atoms with Crippen LogP contribution in [0.2, 0.25) is 0 Å². The van der Waals surface area contributed by atoms with Gasteiger partial charge in [-0.1, -0.05) is 18.2 Å². The van der Waals surface area contributed by atoms with Crippen LogP contribution in [0.4, 0.5) is 0 Å². The molecule has 12 heavy (non-hydrogen) atoms. The highest BCUT2D eigenvalue weighted by atomic mass is 16.5. The van der Waals surface area contributed by atoms with Crippen molar-refractivity contribution in [2.24, 2.45) is 0 Å². The second-order valence-corrected chi connectivity index (χ2v) is 2.66. The van der Waals surface area contributed by atoms with Gasteiger partial charge in [0.2, 0.25) is 0 Å². The van der Waals surface area contributed by atoms with Crippen LogP contribution in [0.25, 0.3) is 5.57 Å². The Morgan fingerprint density at radius 2 is 2.25 bits per heavy atom. The van der Waals surface area contributed by atoms with Gasteiger partial charge in [0.15, 0.2) is 0 Å². The molecule has 1 aromatic carbocycles. The van der Waals surface area contributed by atoms with Gasteiger partial charge in [0.25, 0.3) is 0 Å². The molecule has 0 aromatic heterocycles. The van der Waals surface area contributed by atoms with Gasteiger partial charge in [-0.3, -0.25) is 0 Å². The van der Waals surface area contributed by atoms with Crippen molar-refractivity contribution in [3.8, 4) is 5.75 Å². The Kier molecular flexibility index (Phi) is 1.74. The lowest BCUT2D eigenvalue weighted by atomic mass is 10.1. The first-order chi connectivity index (χ1) is 5.92. The largest absolute Gasteiger partial charge is 0.504 e. The predicted molar refractivity (Wildman–Crippen MR) is 46.9 cm³/mol. The summed E-state index contributed by atoms with van der Waals surface area (Å²) in [5.41, 5.74) is 2.24. The highest BCUT2D eigenvalue weighted by Gasteiger charge is 2.16. The molecular formula is C10H10O2. The number of para-hydroxylation sites is 1. The van der Waals surface area contributed by atoms with Gasteiger partial charge < -0.3 is 9.47 Å². The van der Waals surface area contributed by atoms with Crippen LogP contribution in [0.5, 0.6) is 5.75 Å². The van der Waals surface area contributed by atoms with Crippen molar-refractivity contribution >= 4 is 5.57 Å². The van der Waals surface area contributed by atoms with Crippen LogP contribution in [0, 0.1) is 0 Å². The molecule has 0 bridgehead atoms. The first kappa shape index (κ1) is 7.22. The zero-order chi connectivity index (χ0) is 8.39. The molecule has 0 spiro atoms. The van der Waals surface area contributed by atoms with E-state index in [1.165, 1.54) is 0 Å². The zero-order valence-electron chi connectivity index (χ0n) is 6.91. The van der Waals surface area contributed by atoms with E-state index in [4.69, 9.17) is 9.47 Å². The highest BCUT2D eigenvalue weighted by molar-refractivity contribution is 5.73. The Labute approximate surface area is 71.4 Å². The molecule has 0 N–H and O–H groups in total. The monoisotopic (exact) mass is 162 g/mol. The van der Waals surface area contributed by atoms with Crippen molar-refractivity contribution in [1.29, 1.82) is 0 Å². The molecule has 1 heterocycles. The van der Waals surface area contributed by atoms with Gasteiger partial charge in [-0.25, -0.2) is 0 Å². The Bertz CT molecular complexity index is 315. The standard InChI is InChI=1S/C10H10O2/c1-11-6-8-7-12-10-5-3-2-4-9(8)10/h2-6H,7H2,1H3/b8-6-. The number of benzene rings is 1. The number of rotatable bonds is 1. The van der Waals surface area contributed by atoms with E-state index in [9.17, 15) is 0 Å². The van der Waals surface area contributed by atoms with Crippen molar-refractivity contribution in [2.75, 3.05) is 13.7 Å². The lowest BCUT2D eigenvalue weighted by Gasteiger charge is -1.94. The summed E-state index contributed by atoms with van der Waals surface area (Å²) in [4.78, 5) is 0. The van der Waals surface area contributed by atoms with Gasteiger partial charge in [-0.05, 0) is 6.07 Å². The van der Waals surface area contributed by atoms with Gasteiger partial charge in [0, 0.05) is 11.1 Å². The maximum atomic E-state index is 5.42. The topological polar surface area (TPSA) is 18.5 Å². The van der Waals surface area contributed by atoms with Crippen LogP contribution in [0.15, 0.2) is 30.5 Å². The molecule has 0 unspecified atom stereocenters. The zero-order valence-corrected chi connectivity index (χ0v) is 6.91. The Balaban J connectivity index is 2.43. The molecule has 2 nitrogen and oxygen atoms in total. The molecule has 1 aromatic rings. The maximum absolute atomic E-state index is 5.42. The van der Waals surface area contributed by atoms with Crippen molar-refractivity contribution < 1.29 is 9.47 Å². The van der Waals surface area contributed by atoms with Crippen molar-refractivity contribution in [3.63, 3.8) is 0 Å². The minimum Gasteiger partial charge on any atom is -0.504 e. The van der Waals surface area contributed by atoms with Gasteiger partial charge in [0.1, 0.15) is 12.4 Å². The van der Waals surface area contributed by atoms with E-state index in [-0.39, 0.29) is 0 Å². The highest BCUT2D eigenvalue weighted by Crippen LogP contribution is 2.32. The van der Waals surface area contributed by atoms with Crippen LogP contribution in [0.1, 0.15) is 5.56 Å². The summed E-state index contributed by atoms with van der Waals surface area (Å²) in [6.07, 6.45) is 1.73. The summed E-state index contributed by atoms with van der Waals surface area (Å²) in [6, 6.07) is 7.96. The van der Waals surface area contributed by atoms with Crippen LogP contribution in [-0.2, 0) is 4.74 Å². The third-order valence-corrected chi connectivity index (χ3v) is 1.88. The number of hydrogen-bond donors (Lipinski definition) is 0. The molecule has 2 heteroatoms. The Morgan fingerprint density at radius 1 is 1.42 bits per heavy atom. The van der Waals surface area contributed by atoms with Crippen LogP contribution in [0.3, 0.4) is 0 Å². The smallest absolute Gasteiger partial charge is 0.127 e. The Hall–Kier alpha value is -1.44. The van der Waals surface area contributed by atoms with E-state index >= 15 is 0 Å². The van der Waals surface area contributed by atoms with Crippen molar-refractivity contribution in [3.05, 3.63) is 36.1 Å². The van der Waals surface area contributed by atoms with Gasteiger partial charge in [-0.15, -0.1) is 0 Å². The number of ether oxygens (including phenoxy) is 2. The summed E-state index contributed by atoms with van der Waals surface area (Å²) < 4.78 is 10.4. The molecule has 62 valence electrons. The fourth-order valence-corrected chi connectivity index (χ4v) is 1.33. The quantitative estimate of drug-likeness (QED) is 0.588. The fraction of sp³-hybridized carbons (Fsp3) is 0.200. The maximum Gasteiger partial charge on any atom is 0.127 e. The predicted octanol–water partition coefficient (Wildman–Crippen LogP) is 2.07. The third-order valence-electron chi connectivity index (χ3n) is 1.88. The van der Waals surface area contributed by atoms with E-state index < -0.39 is 0 Å². The minimum absolute atomic E-state index is 0.618. The number of methoxy groups -OCH3 is 1. The number of fused-ring (bicyclic) bond motifs is 1. The summed E-state index contributed by atoms with van der Waals surface area (Å²) in [5, 5.41) is 0. The van der Waals surface area contributed by atoms with E-state index in [0.717, 1.165) is 16.9 Å².